The van der Waals surface area contributed by atoms with Crippen LogP contribution in [0.2, 0.25) is 0 Å². The Morgan fingerprint density at radius 3 is 2.71 bits per heavy atom. The number of anilines is 1. The number of nitrogens with one attached hydrogen (secondary N) is 2. The number of hydrogen-bond acceptors (Lipinski definition) is 3. The van der Waals surface area contributed by atoms with Gasteiger partial charge in [-0.05, 0) is 50.3 Å². The van der Waals surface area contributed by atoms with E-state index in [-0.39, 0.29) is 5.91 Å². The third-order valence-electron chi connectivity index (χ3n) is 5.20. The minimum absolute atomic E-state index is 0.00279. The summed E-state index contributed by atoms with van der Waals surface area (Å²) < 4.78 is 2.26. The van der Waals surface area contributed by atoms with Gasteiger partial charge in [0.05, 0.1) is 17.6 Å². The molecule has 1 amide bonds. The molecule has 1 aromatic carbocycles. The maximum atomic E-state index is 12.3. The van der Waals surface area contributed by atoms with Crippen LogP contribution >= 0.6 is 0 Å². The van der Waals surface area contributed by atoms with Gasteiger partial charge in [-0.1, -0.05) is 31.4 Å². The maximum Gasteiger partial charge on any atom is 0.240 e. The van der Waals surface area contributed by atoms with Crippen molar-refractivity contribution in [1.82, 2.24) is 14.9 Å². The van der Waals surface area contributed by atoms with Crippen LogP contribution in [0.15, 0.2) is 24.3 Å². The van der Waals surface area contributed by atoms with Gasteiger partial charge in [0.25, 0.3) is 0 Å². The second kappa shape index (κ2) is 6.93. The lowest BCUT2D eigenvalue weighted by Gasteiger charge is -2.25. The van der Waals surface area contributed by atoms with E-state index >= 15 is 0 Å². The predicted molar refractivity (Wildman–Crippen MR) is 96.1 cm³/mol. The van der Waals surface area contributed by atoms with Crippen molar-refractivity contribution in [3.63, 3.8) is 0 Å². The van der Waals surface area contributed by atoms with Gasteiger partial charge in [0, 0.05) is 6.04 Å². The average molecular weight is 326 g/mol. The third-order valence-corrected chi connectivity index (χ3v) is 5.20. The molecule has 2 saturated carbocycles. The second-order valence-electron chi connectivity index (χ2n) is 7.21. The number of amides is 1. The molecule has 0 aliphatic heterocycles. The molecule has 5 heteroatoms. The number of aromatic nitrogens is 2. The van der Waals surface area contributed by atoms with Gasteiger partial charge in [-0.15, -0.1) is 0 Å². The first-order valence-corrected chi connectivity index (χ1v) is 9.29. The van der Waals surface area contributed by atoms with Crippen LogP contribution in [0, 0.1) is 5.92 Å². The van der Waals surface area contributed by atoms with Gasteiger partial charge in [0.15, 0.2) is 0 Å². The van der Waals surface area contributed by atoms with Crippen molar-refractivity contribution >= 4 is 22.9 Å². The van der Waals surface area contributed by atoms with Crippen LogP contribution in [-0.4, -0.2) is 28.5 Å². The zero-order valence-corrected chi connectivity index (χ0v) is 14.1. The fourth-order valence-corrected chi connectivity index (χ4v) is 3.72. The summed E-state index contributed by atoms with van der Waals surface area (Å²) in [5, 5.41) is 6.29. The smallest absolute Gasteiger partial charge is 0.240 e. The second-order valence-corrected chi connectivity index (χ2v) is 7.21. The van der Waals surface area contributed by atoms with Gasteiger partial charge in [0.2, 0.25) is 11.9 Å². The summed E-state index contributed by atoms with van der Waals surface area (Å²) in [5.41, 5.74) is 2.09. The Labute approximate surface area is 142 Å². The van der Waals surface area contributed by atoms with Crippen LogP contribution in [-0.2, 0) is 4.79 Å². The SMILES string of the molecule is O=C(CNCC1CC1)Nc1nc2ccccc2n1C1CCCCC1. The predicted octanol–water partition coefficient (Wildman–Crippen LogP) is 3.48. The van der Waals surface area contributed by atoms with Crippen LogP contribution in [0.5, 0.6) is 0 Å². The Bertz CT molecular complexity index is 713. The number of hydrogen-bond donors (Lipinski definition) is 2. The normalized spacial score (nSPS) is 18.8. The number of carbonyl (C=O) groups is 1. The number of nitrogens with zero attached hydrogens (tertiary/aromatic N) is 2. The molecule has 4 rings (SSSR count). The molecule has 5 nitrogen and oxygen atoms in total. The highest BCUT2D eigenvalue weighted by Crippen LogP contribution is 2.34. The molecule has 0 spiro atoms. The van der Waals surface area contributed by atoms with Gasteiger partial charge in [-0.3, -0.25) is 10.1 Å². The van der Waals surface area contributed by atoms with E-state index in [2.05, 4.69) is 26.3 Å². The Hall–Kier alpha value is -1.88. The number of benzene rings is 1. The molecule has 24 heavy (non-hydrogen) atoms. The summed E-state index contributed by atoms with van der Waals surface area (Å²) in [6.45, 7) is 1.32. The number of carbonyl (C=O) groups excluding carboxylic acids is 1. The third kappa shape index (κ3) is 3.46. The minimum atomic E-state index is 0.00279. The molecule has 1 heterocycles. The Kier molecular flexibility index (Phi) is 4.52. The Morgan fingerprint density at radius 2 is 1.92 bits per heavy atom. The van der Waals surface area contributed by atoms with Crippen molar-refractivity contribution in [1.29, 1.82) is 0 Å². The van der Waals surface area contributed by atoms with E-state index in [1.54, 1.807) is 0 Å². The molecule has 2 aliphatic rings. The van der Waals surface area contributed by atoms with E-state index in [9.17, 15) is 4.79 Å². The Balaban J connectivity index is 1.52. The summed E-state index contributed by atoms with van der Waals surface area (Å²) in [4.78, 5) is 17.0. The van der Waals surface area contributed by atoms with Crippen molar-refractivity contribution in [2.24, 2.45) is 5.92 Å². The Morgan fingerprint density at radius 1 is 1.12 bits per heavy atom. The summed E-state index contributed by atoms with van der Waals surface area (Å²) in [6, 6.07) is 8.63. The van der Waals surface area contributed by atoms with E-state index in [0.717, 1.165) is 23.5 Å². The monoisotopic (exact) mass is 326 g/mol. The number of fused-ring (bicyclic) bond motifs is 1. The maximum absolute atomic E-state index is 12.3. The van der Waals surface area contributed by atoms with Crippen LogP contribution in [0.1, 0.15) is 51.0 Å². The van der Waals surface area contributed by atoms with Crippen LogP contribution in [0.25, 0.3) is 11.0 Å². The molecule has 0 bridgehead atoms. The number of rotatable bonds is 6. The van der Waals surface area contributed by atoms with Crippen LogP contribution in [0.3, 0.4) is 0 Å². The zero-order valence-electron chi connectivity index (χ0n) is 14.1. The van der Waals surface area contributed by atoms with E-state index in [1.165, 1.54) is 44.9 Å². The first-order chi connectivity index (χ1) is 11.8. The van der Waals surface area contributed by atoms with Gasteiger partial charge < -0.3 is 9.88 Å². The molecule has 2 aliphatic carbocycles. The highest BCUT2D eigenvalue weighted by atomic mass is 16.2. The molecular formula is C19H26N4O. The van der Waals surface area contributed by atoms with E-state index in [0.29, 0.717) is 18.5 Å². The fourth-order valence-electron chi connectivity index (χ4n) is 3.72. The largest absolute Gasteiger partial charge is 0.308 e. The molecule has 1 aromatic heterocycles. The van der Waals surface area contributed by atoms with Crippen molar-refractivity contribution in [3.05, 3.63) is 24.3 Å². The van der Waals surface area contributed by atoms with Crippen molar-refractivity contribution < 1.29 is 4.79 Å². The van der Waals surface area contributed by atoms with E-state index in [4.69, 9.17) is 0 Å². The topological polar surface area (TPSA) is 59.0 Å². The lowest BCUT2D eigenvalue weighted by molar-refractivity contribution is -0.115. The van der Waals surface area contributed by atoms with E-state index < -0.39 is 0 Å². The number of imidazole rings is 1. The zero-order chi connectivity index (χ0) is 16.4. The van der Waals surface area contributed by atoms with Crippen molar-refractivity contribution in [2.75, 3.05) is 18.4 Å². The molecule has 0 radical (unpaired) electrons. The molecule has 2 N–H and O–H groups in total. The standard InChI is InChI=1S/C19H26N4O/c24-18(13-20-12-14-10-11-14)22-19-21-16-8-4-5-9-17(16)23(19)15-6-2-1-3-7-15/h4-5,8-9,14-15,20H,1-3,6-7,10-13H2,(H,21,22,24). The molecule has 0 saturated heterocycles. The molecule has 128 valence electrons. The van der Waals surface area contributed by atoms with Gasteiger partial charge in [-0.25, -0.2) is 4.98 Å². The quantitative estimate of drug-likeness (QED) is 0.854. The molecule has 2 fully saturated rings. The summed E-state index contributed by atoms with van der Waals surface area (Å²) in [7, 11) is 0. The van der Waals surface area contributed by atoms with Crippen molar-refractivity contribution in [2.45, 2.75) is 51.0 Å². The van der Waals surface area contributed by atoms with Gasteiger partial charge in [-0.2, -0.15) is 0 Å². The highest BCUT2D eigenvalue weighted by molar-refractivity contribution is 5.92. The van der Waals surface area contributed by atoms with Crippen molar-refractivity contribution in [3.8, 4) is 0 Å². The van der Waals surface area contributed by atoms with Crippen LogP contribution in [0.4, 0.5) is 5.95 Å². The average Bonchev–Trinajstić information content (AvgIpc) is 3.35. The molecule has 0 atom stereocenters. The fraction of sp³-hybridized carbons (Fsp3) is 0.579. The first-order valence-electron chi connectivity index (χ1n) is 9.29. The van der Waals surface area contributed by atoms with Crippen LogP contribution < -0.4 is 10.6 Å². The van der Waals surface area contributed by atoms with Gasteiger partial charge >= 0.3 is 0 Å². The highest BCUT2D eigenvalue weighted by Gasteiger charge is 2.23. The first kappa shape index (κ1) is 15.6. The summed E-state index contributed by atoms with van der Waals surface area (Å²) in [5.74, 6) is 1.49. The lowest BCUT2D eigenvalue weighted by atomic mass is 9.95. The summed E-state index contributed by atoms with van der Waals surface area (Å²) >= 11 is 0. The minimum Gasteiger partial charge on any atom is -0.308 e. The molecule has 0 unspecified atom stereocenters. The molecular weight excluding hydrogens is 300 g/mol. The number of para-hydroxylation sites is 2. The van der Waals surface area contributed by atoms with E-state index in [1.807, 2.05) is 18.2 Å². The summed E-state index contributed by atoms with van der Waals surface area (Å²) in [6.07, 6.45) is 8.77. The van der Waals surface area contributed by atoms with Gasteiger partial charge in [0.1, 0.15) is 0 Å². The lowest BCUT2D eigenvalue weighted by Crippen LogP contribution is -2.30. The molecule has 2 aromatic rings.